The van der Waals surface area contributed by atoms with Gasteiger partial charge < -0.3 is 4.90 Å². The van der Waals surface area contributed by atoms with Crippen LogP contribution in [0.15, 0.2) is 17.0 Å². The predicted molar refractivity (Wildman–Crippen MR) is 107 cm³/mol. The van der Waals surface area contributed by atoms with Crippen molar-refractivity contribution in [1.82, 2.24) is 9.21 Å². The molecule has 2 aliphatic rings. The maximum absolute atomic E-state index is 13.2. The Hall–Kier alpha value is -1.40. The second-order valence-electron chi connectivity index (χ2n) is 8.41. The van der Waals surface area contributed by atoms with Gasteiger partial charge in [0.15, 0.2) is 0 Å². The topological polar surface area (TPSA) is 57.7 Å². The lowest BCUT2D eigenvalue weighted by Gasteiger charge is -2.36. The Kier molecular flexibility index (Phi) is 5.96. The fraction of sp³-hybridized carbons (Fsp3) is 0.667. The molecule has 0 spiro atoms. The minimum absolute atomic E-state index is 0.0370. The highest BCUT2D eigenvalue weighted by Gasteiger charge is 2.35. The molecule has 1 amide bonds. The van der Waals surface area contributed by atoms with E-state index in [0.29, 0.717) is 36.7 Å². The van der Waals surface area contributed by atoms with Crippen molar-refractivity contribution in [1.29, 1.82) is 0 Å². The van der Waals surface area contributed by atoms with Gasteiger partial charge in [-0.25, -0.2) is 8.42 Å². The fourth-order valence-corrected chi connectivity index (χ4v) is 6.41. The summed E-state index contributed by atoms with van der Waals surface area (Å²) in [7, 11) is -3.51. The normalized spacial score (nSPS) is 20.8. The molecule has 0 saturated carbocycles. The van der Waals surface area contributed by atoms with Crippen LogP contribution in [0.1, 0.15) is 49.3 Å². The number of aryl methyl sites for hydroxylation is 3. The molecule has 0 radical (unpaired) electrons. The monoisotopic (exact) mass is 392 g/mol. The fourth-order valence-electron chi connectivity index (χ4n) is 4.53. The first-order valence-corrected chi connectivity index (χ1v) is 11.5. The summed E-state index contributed by atoms with van der Waals surface area (Å²) in [5, 5.41) is 0. The summed E-state index contributed by atoms with van der Waals surface area (Å²) in [5.74, 6) is 0.883. The Balaban J connectivity index is 1.67. The van der Waals surface area contributed by atoms with Crippen LogP contribution < -0.4 is 0 Å². The molecule has 6 heteroatoms. The van der Waals surface area contributed by atoms with E-state index < -0.39 is 10.0 Å². The molecule has 1 aromatic rings. The second kappa shape index (κ2) is 7.92. The van der Waals surface area contributed by atoms with E-state index in [-0.39, 0.29) is 11.8 Å². The van der Waals surface area contributed by atoms with Crippen LogP contribution in [0.25, 0.3) is 0 Å². The van der Waals surface area contributed by atoms with Gasteiger partial charge in [-0.2, -0.15) is 4.31 Å². The smallest absolute Gasteiger partial charge is 0.243 e. The van der Waals surface area contributed by atoms with Crippen LogP contribution in [0, 0.1) is 32.6 Å². The first-order valence-electron chi connectivity index (χ1n) is 10.1. The van der Waals surface area contributed by atoms with Gasteiger partial charge >= 0.3 is 0 Å². The zero-order chi connectivity index (χ0) is 19.8. The van der Waals surface area contributed by atoms with E-state index in [0.717, 1.165) is 42.6 Å². The van der Waals surface area contributed by atoms with Gasteiger partial charge in [0.1, 0.15) is 0 Å². The molecule has 0 bridgehead atoms. The number of benzene rings is 1. The highest BCUT2D eigenvalue weighted by molar-refractivity contribution is 7.89. The molecule has 5 nitrogen and oxygen atoms in total. The minimum Gasteiger partial charge on any atom is -0.342 e. The summed E-state index contributed by atoms with van der Waals surface area (Å²) < 4.78 is 27.9. The van der Waals surface area contributed by atoms with Crippen LogP contribution in [0.4, 0.5) is 0 Å². The predicted octanol–water partition coefficient (Wildman–Crippen LogP) is 3.27. The van der Waals surface area contributed by atoms with E-state index in [1.54, 1.807) is 4.31 Å². The number of piperidine rings is 2. The molecule has 0 aliphatic carbocycles. The summed E-state index contributed by atoms with van der Waals surface area (Å²) in [6.07, 6.45) is 3.39. The highest BCUT2D eigenvalue weighted by atomic mass is 32.2. The first kappa shape index (κ1) is 20.3. The van der Waals surface area contributed by atoms with E-state index >= 15 is 0 Å². The van der Waals surface area contributed by atoms with Crippen molar-refractivity contribution in [3.05, 3.63) is 28.8 Å². The van der Waals surface area contributed by atoms with Crippen molar-refractivity contribution in [2.75, 3.05) is 26.2 Å². The van der Waals surface area contributed by atoms with Crippen molar-refractivity contribution in [3.63, 3.8) is 0 Å². The Bertz CT molecular complexity index is 780. The molecule has 1 aromatic carbocycles. The van der Waals surface area contributed by atoms with Gasteiger partial charge in [-0.1, -0.05) is 24.6 Å². The highest BCUT2D eigenvalue weighted by Crippen LogP contribution is 2.30. The molecule has 2 aliphatic heterocycles. The second-order valence-corrected chi connectivity index (χ2v) is 10.3. The van der Waals surface area contributed by atoms with E-state index in [9.17, 15) is 13.2 Å². The van der Waals surface area contributed by atoms with Crippen LogP contribution >= 0.6 is 0 Å². The number of amides is 1. The maximum Gasteiger partial charge on any atom is 0.243 e. The molecule has 0 N–H and O–H groups in total. The molecule has 2 heterocycles. The Morgan fingerprint density at radius 1 is 0.926 bits per heavy atom. The van der Waals surface area contributed by atoms with Gasteiger partial charge in [-0.15, -0.1) is 0 Å². The number of rotatable bonds is 3. The lowest BCUT2D eigenvalue weighted by atomic mass is 9.93. The summed E-state index contributed by atoms with van der Waals surface area (Å²) in [6, 6.07) is 3.85. The van der Waals surface area contributed by atoms with Crippen LogP contribution in [0.2, 0.25) is 0 Å². The van der Waals surface area contributed by atoms with Crippen molar-refractivity contribution in [2.45, 2.75) is 58.3 Å². The van der Waals surface area contributed by atoms with Crippen LogP contribution in [0.5, 0.6) is 0 Å². The largest absolute Gasteiger partial charge is 0.342 e. The summed E-state index contributed by atoms with van der Waals surface area (Å²) in [4.78, 5) is 15.2. The maximum atomic E-state index is 13.2. The Morgan fingerprint density at radius 2 is 1.44 bits per heavy atom. The first-order chi connectivity index (χ1) is 12.7. The van der Waals surface area contributed by atoms with Gasteiger partial charge in [0, 0.05) is 32.1 Å². The summed E-state index contributed by atoms with van der Waals surface area (Å²) >= 11 is 0. The zero-order valence-electron chi connectivity index (χ0n) is 17.0. The number of sulfonamides is 1. The molecular formula is C21H32N2O3S. The van der Waals surface area contributed by atoms with Crippen molar-refractivity contribution >= 4 is 15.9 Å². The number of likely N-dealkylation sites (tertiary alicyclic amines) is 1. The van der Waals surface area contributed by atoms with Crippen molar-refractivity contribution < 1.29 is 13.2 Å². The van der Waals surface area contributed by atoms with E-state index in [4.69, 9.17) is 0 Å². The molecule has 2 saturated heterocycles. The number of nitrogens with zero attached hydrogens (tertiary/aromatic N) is 2. The van der Waals surface area contributed by atoms with Gasteiger partial charge in [0.05, 0.1) is 4.90 Å². The SMILES string of the molecule is Cc1cc(C)c(S(=O)(=O)N2CCC(C(=O)N3CCC(C)CC3)CC2)c(C)c1. The Labute approximate surface area is 163 Å². The third-order valence-corrected chi connectivity index (χ3v) is 8.31. The average molecular weight is 393 g/mol. The number of hydrogen-bond donors (Lipinski definition) is 0. The third kappa shape index (κ3) is 4.21. The lowest BCUT2D eigenvalue weighted by molar-refractivity contribution is -0.138. The number of hydrogen-bond acceptors (Lipinski definition) is 3. The van der Waals surface area contributed by atoms with Gasteiger partial charge in [0.2, 0.25) is 15.9 Å². The molecule has 3 rings (SSSR count). The third-order valence-electron chi connectivity index (χ3n) is 6.10. The molecule has 0 unspecified atom stereocenters. The molecule has 2 fully saturated rings. The number of carbonyl (C=O) groups excluding carboxylic acids is 1. The summed E-state index contributed by atoms with van der Waals surface area (Å²) in [6.45, 7) is 10.5. The van der Waals surface area contributed by atoms with Gasteiger partial charge in [-0.05, 0) is 63.5 Å². The standard InChI is InChI=1S/C21H32N2O3S/c1-15-5-9-22(10-6-15)21(24)19-7-11-23(12-8-19)27(25,26)20-17(3)13-16(2)14-18(20)4/h13-15,19H,5-12H2,1-4H3. The van der Waals surface area contributed by atoms with Crippen molar-refractivity contribution in [2.24, 2.45) is 11.8 Å². The molecule has 0 atom stereocenters. The Morgan fingerprint density at radius 3 is 1.96 bits per heavy atom. The van der Waals surface area contributed by atoms with Crippen molar-refractivity contribution in [3.8, 4) is 0 Å². The van der Waals surface area contributed by atoms with Gasteiger partial charge in [0.25, 0.3) is 0 Å². The lowest BCUT2D eigenvalue weighted by Crippen LogP contribution is -2.46. The van der Waals surface area contributed by atoms with Crippen LogP contribution in [0.3, 0.4) is 0 Å². The van der Waals surface area contributed by atoms with E-state index in [2.05, 4.69) is 6.92 Å². The van der Waals surface area contributed by atoms with Crippen LogP contribution in [-0.2, 0) is 14.8 Å². The van der Waals surface area contributed by atoms with Crippen LogP contribution in [-0.4, -0.2) is 49.7 Å². The van der Waals surface area contributed by atoms with Gasteiger partial charge in [-0.3, -0.25) is 4.79 Å². The van der Waals surface area contributed by atoms with E-state index in [1.165, 1.54) is 0 Å². The molecule has 0 aromatic heterocycles. The quantitative estimate of drug-likeness (QED) is 0.793. The van der Waals surface area contributed by atoms with E-state index in [1.807, 2.05) is 37.8 Å². The number of carbonyl (C=O) groups is 1. The molecule has 27 heavy (non-hydrogen) atoms. The average Bonchev–Trinajstić information content (AvgIpc) is 2.61. The summed E-state index contributed by atoms with van der Waals surface area (Å²) in [5.41, 5.74) is 2.67. The minimum atomic E-state index is -3.51. The zero-order valence-corrected chi connectivity index (χ0v) is 17.8. The molecule has 150 valence electrons. The molecular weight excluding hydrogens is 360 g/mol.